The molecule has 0 aliphatic carbocycles. The summed E-state index contributed by atoms with van der Waals surface area (Å²) in [5, 5.41) is 1.65. The normalized spacial score (nSPS) is 21.7. The highest BCUT2D eigenvalue weighted by Crippen LogP contribution is 2.38. The van der Waals surface area contributed by atoms with Crippen LogP contribution in [0.3, 0.4) is 0 Å². The molecule has 3 heterocycles. The zero-order valence-corrected chi connectivity index (χ0v) is 18.0. The van der Waals surface area contributed by atoms with Gasteiger partial charge in [0, 0.05) is 31.1 Å². The van der Waals surface area contributed by atoms with Gasteiger partial charge in [0.15, 0.2) is 0 Å². The highest BCUT2D eigenvalue weighted by molar-refractivity contribution is 7.18. The van der Waals surface area contributed by atoms with E-state index in [1.807, 2.05) is 47.4 Å². The van der Waals surface area contributed by atoms with Crippen LogP contribution in [-0.4, -0.2) is 39.7 Å². The summed E-state index contributed by atoms with van der Waals surface area (Å²) in [4.78, 5) is 34.4. The Balaban J connectivity index is 1.31. The lowest BCUT2D eigenvalue weighted by molar-refractivity contribution is -0.136. The van der Waals surface area contributed by atoms with Crippen LogP contribution in [0.1, 0.15) is 35.9 Å². The Morgan fingerprint density at radius 3 is 2.80 bits per heavy atom. The molecule has 154 valence electrons. The van der Waals surface area contributed by atoms with Crippen LogP contribution in [0.25, 0.3) is 10.2 Å². The minimum Gasteiger partial charge on any atom is -0.337 e. The molecule has 0 unspecified atom stereocenters. The molecule has 2 amide bonds. The molecule has 5 nitrogen and oxygen atoms in total. The maximum Gasteiger partial charge on any atom is 0.228 e. The molecule has 2 fully saturated rings. The second-order valence-electron chi connectivity index (χ2n) is 7.98. The highest BCUT2D eigenvalue weighted by atomic mass is 35.5. The van der Waals surface area contributed by atoms with Crippen molar-refractivity contribution in [3.05, 3.63) is 64.1 Å². The number of likely N-dealkylation sites (tertiary alicyclic amines) is 2. The third-order valence-corrected chi connectivity index (χ3v) is 7.52. The van der Waals surface area contributed by atoms with Gasteiger partial charge in [-0.1, -0.05) is 41.9 Å². The minimum atomic E-state index is -0.296. The van der Waals surface area contributed by atoms with Gasteiger partial charge >= 0.3 is 0 Å². The topological polar surface area (TPSA) is 53.5 Å². The van der Waals surface area contributed by atoms with E-state index in [2.05, 4.69) is 6.07 Å². The van der Waals surface area contributed by atoms with Crippen LogP contribution in [0.15, 0.2) is 48.5 Å². The molecule has 0 saturated carbocycles. The molecule has 30 heavy (non-hydrogen) atoms. The molecule has 0 N–H and O–H groups in total. The van der Waals surface area contributed by atoms with Crippen LogP contribution in [0.2, 0.25) is 5.02 Å². The highest BCUT2D eigenvalue weighted by Gasteiger charge is 2.41. The Hall–Kier alpha value is -2.44. The summed E-state index contributed by atoms with van der Waals surface area (Å²) in [5.74, 6) is -0.203. The minimum absolute atomic E-state index is 0.0163. The van der Waals surface area contributed by atoms with E-state index in [-0.39, 0.29) is 30.2 Å². The summed E-state index contributed by atoms with van der Waals surface area (Å²) in [5.41, 5.74) is 1.90. The van der Waals surface area contributed by atoms with Gasteiger partial charge in [0.25, 0.3) is 0 Å². The van der Waals surface area contributed by atoms with Crippen molar-refractivity contribution in [2.24, 2.45) is 5.92 Å². The number of fused-ring (bicyclic) bond motifs is 1. The summed E-state index contributed by atoms with van der Waals surface area (Å²) in [6.07, 6.45) is 2.16. The summed E-state index contributed by atoms with van der Waals surface area (Å²) in [6.45, 7) is 1.63. The molecule has 0 radical (unpaired) electrons. The van der Waals surface area contributed by atoms with Crippen LogP contribution in [0.5, 0.6) is 0 Å². The number of amides is 2. The number of carbonyl (C=O) groups is 2. The maximum absolute atomic E-state index is 13.4. The first-order valence-electron chi connectivity index (χ1n) is 10.3. The van der Waals surface area contributed by atoms with E-state index in [0.29, 0.717) is 18.1 Å². The van der Waals surface area contributed by atoms with Crippen molar-refractivity contribution in [2.75, 3.05) is 13.1 Å². The molecule has 7 heteroatoms. The SMILES string of the molecule is O=C1C[C@H](C(=O)N2CCC[C@@H]2c2nc3ccccc3s2)CN1Cc1ccccc1Cl. The number of thiazole rings is 1. The molecule has 5 rings (SSSR count). The van der Waals surface area contributed by atoms with Gasteiger partial charge < -0.3 is 9.80 Å². The fourth-order valence-corrected chi connectivity index (χ4v) is 5.79. The fraction of sp³-hybridized carbons (Fsp3) is 0.348. The standard InChI is InChI=1S/C23H22ClN3O2S/c24-17-7-2-1-6-15(17)13-26-14-16(12-21(26)28)23(29)27-11-5-9-19(27)22-25-18-8-3-4-10-20(18)30-22/h1-4,6-8,10,16,19H,5,9,11-14H2/t16-,19+/m0/s1. The monoisotopic (exact) mass is 439 g/mol. The Labute approximate surface area is 184 Å². The van der Waals surface area contributed by atoms with Crippen molar-refractivity contribution in [3.63, 3.8) is 0 Å². The predicted molar refractivity (Wildman–Crippen MR) is 118 cm³/mol. The van der Waals surface area contributed by atoms with Crippen molar-refractivity contribution in [1.82, 2.24) is 14.8 Å². The van der Waals surface area contributed by atoms with Crippen molar-refractivity contribution in [1.29, 1.82) is 0 Å². The van der Waals surface area contributed by atoms with Gasteiger partial charge in [0.1, 0.15) is 5.01 Å². The Kier molecular flexibility index (Phi) is 5.21. The van der Waals surface area contributed by atoms with Gasteiger partial charge in [-0.2, -0.15) is 0 Å². The lowest BCUT2D eigenvalue weighted by Gasteiger charge is -2.26. The van der Waals surface area contributed by atoms with Crippen molar-refractivity contribution in [2.45, 2.75) is 31.8 Å². The fourth-order valence-electron chi connectivity index (χ4n) is 4.48. The van der Waals surface area contributed by atoms with E-state index in [1.54, 1.807) is 16.2 Å². The third-order valence-electron chi connectivity index (χ3n) is 6.01. The molecule has 2 atom stereocenters. The van der Waals surface area contributed by atoms with E-state index in [9.17, 15) is 9.59 Å². The molecular weight excluding hydrogens is 418 g/mol. The summed E-state index contributed by atoms with van der Waals surface area (Å²) < 4.78 is 1.15. The Morgan fingerprint density at radius 1 is 1.17 bits per heavy atom. The second-order valence-corrected chi connectivity index (χ2v) is 9.45. The van der Waals surface area contributed by atoms with Crippen LogP contribution in [0, 0.1) is 5.92 Å². The first-order chi connectivity index (χ1) is 14.6. The van der Waals surface area contributed by atoms with Gasteiger partial charge in [0.05, 0.1) is 22.2 Å². The number of benzene rings is 2. The number of hydrogen-bond donors (Lipinski definition) is 0. The van der Waals surface area contributed by atoms with Gasteiger partial charge in [-0.05, 0) is 36.6 Å². The predicted octanol–water partition coefficient (Wildman–Crippen LogP) is 4.66. The smallest absolute Gasteiger partial charge is 0.228 e. The molecule has 0 bridgehead atoms. The molecule has 2 aromatic carbocycles. The molecular formula is C23H22ClN3O2S. The van der Waals surface area contributed by atoms with Gasteiger partial charge in [-0.15, -0.1) is 11.3 Å². The quantitative estimate of drug-likeness (QED) is 0.594. The zero-order chi connectivity index (χ0) is 20.7. The first-order valence-corrected chi connectivity index (χ1v) is 11.5. The van der Waals surface area contributed by atoms with E-state index in [4.69, 9.17) is 16.6 Å². The van der Waals surface area contributed by atoms with Gasteiger partial charge in [-0.25, -0.2) is 4.98 Å². The van der Waals surface area contributed by atoms with E-state index in [0.717, 1.165) is 40.2 Å². The Morgan fingerprint density at radius 2 is 1.97 bits per heavy atom. The van der Waals surface area contributed by atoms with Crippen molar-refractivity contribution < 1.29 is 9.59 Å². The van der Waals surface area contributed by atoms with Crippen LogP contribution in [0.4, 0.5) is 0 Å². The van der Waals surface area contributed by atoms with Gasteiger partial charge in [0.2, 0.25) is 11.8 Å². The lowest BCUT2D eigenvalue weighted by atomic mass is 10.1. The average molecular weight is 440 g/mol. The number of hydrogen-bond acceptors (Lipinski definition) is 4. The van der Waals surface area contributed by atoms with Gasteiger partial charge in [-0.3, -0.25) is 9.59 Å². The second kappa shape index (κ2) is 8.00. The van der Waals surface area contributed by atoms with Crippen LogP contribution in [-0.2, 0) is 16.1 Å². The van der Waals surface area contributed by atoms with E-state index >= 15 is 0 Å². The molecule has 2 aliphatic rings. The zero-order valence-electron chi connectivity index (χ0n) is 16.5. The average Bonchev–Trinajstić information content (AvgIpc) is 3.47. The maximum atomic E-state index is 13.4. The number of nitrogens with zero attached hydrogens (tertiary/aromatic N) is 3. The number of para-hydroxylation sites is 1. The molecule has 3 aromatic rings. The first kappa shape index (κ1) is 19.5. The largest absolute Gasteiger partial charge is 0.337 e. The number of carbonyl (C=O) groups excluding carboxylic acids is 2. The Bertz CT molecular complexity index is 1080. The summed E-state index contributed by atoms with van der Waals surface area (Å²) >= 11 is 7.92. The molecule has 0 spiro atoms. The lowest BCUT2D eigenvalue weighted by Crippen LogP contribution is -2.37. The van der Waals surface area contributed by atoms with E-state index < -0.39 is 0 Å². The number of aromatic nitrogens is 1. The summed E-state index contributed by atoms with van der Waals surface area (Å²) in [6, 6.07) is 15.6. The van der Waals surface area contributed by atoms with Crippen molar-refractivity contribution in [3.8, 4) is 0 Å². The van der Waals surface area contributed by atoms with Crippen molar-refractivity contribution >= 4 is 45.0 Å². The molecule has 2 saturated heterocycles. The van der Waals surface area contributed by atoms with E-state index in [1.165, 1.54) is 0 Å². The van der Waals surface area contributed by atoms with Crippen LogP contribution < -0.4 is 0 Å². The molecule has 1 aromatic heterocycles. The molecule has 2 aliphatic heterocycles. The number of rotatable bonds is 4. The number of halogens is 1. The van der Waals surface area contributed by atoms with Crippen LogP contribution >= 0.6 is 22.9 Å². The third kappa shape index (κ3) is 3.59. The summed E-state index contributed by atoms with van der Waals surface area (Å²) in [7, 11) is 0.